The Hall–Kier alpha value is -2.21. The monoisotopic (exact) mass is 374 g/mol. The molecule has 0 spiro atoms. The van der Waals surface area contributed by atoms with Crippen molar-refractivity contribution in [2.75, 3.05) is 6.54 Å². The van der Waals surface area contributed by atoms with Crippen LogP contribution in [-0.4, -0.2) is 33.9 Å². The van der Waals surface area contributed by atoms with E-state index in [1.807, 2.05) is 33.8 Å². The predicted octanol–water partition coefficient (Wildman–Crippen LogP) is 5.09. The van der Waals surface area contributed by atoms with E-state index in [4.69, 9.17) is 4.74 Å². The summed E-state index contributed by atoms with van der Waals surface area (Å²) in [5, 5.41) is 2.52. The third-order valence-corrected chi connectivity index (χ3v) is 4.82. The molecule has 0 aliphatic carbocycles. The second kappa shape index (κ2) is 8.45. The Balaban J connectivity index is 2.19. The molecule has 140 valence electrons. The average molecular weight is 375 g/mol. The molecule has 1 aromatic rings. The van der Waals surface area contributed by atoms with Gasteiger partial charge in [-0.2, -0.15) is 0 Å². The maximum Gasteiger partial charge on any atom is 0.410 e. The van der Waals surface area contributed by atoms with Crippen molar-refractivity contribution in [1.29, 1.82) is 0 Å². The summed E-state index contributed by atoms with van der Waals surface area (Å²) in [6, 6.07) is -0.136. The molecule has 1 saturated heterocycles. The number of ketones is 1. The van der Waals surface area contributed by atoms with Crippen LogP contribution in [0.5, 0.6) is 0 Å². The Morgan fingerprint density at radius 3 is 2.77 bits per heavy atom. The number of ether oxygens (including phenoxy) is 1. The largest absolute Gasteiger partial charge is 0.444 e. The van der Waals surface area contributed by atoms with E-state index in [1.165, 1.54) is 17.4 Å². The van der Waals surface area contributed by atoms with Crippen LogP contribution in [0.3, 0.4) is 0 Å². The van der Waals surface area contributed by atoms with Crippen LogP contribution >= 0.6 is 11.3 Å². The number of likely N-dealkylation sites (tertiary alicyclic amines) is 1. The van der Waals surface area contributed by atoms with Gasteiger partial charge in [0.25, 0.3) is 0 Å². The van der Waals surface area contributed by atoms with E-state index in [2.05, 4.69) is 11.6 Å². The first-order valence-corrected chi connectivity index (χ1v) is 9.60. The zero-order valence-electron chi connectivity index (χ0n) is 15.8. The van der Waals surface area contributed by atoms with Crippen LogP contribution in [0.15, 0.2) is 41.8 Å². The van der Waals surface area contributed by atoms with Crippen LogP contribution in [0, 0.1) is 0 Å². The van der Waals surface area contributed by atoms with Crippen molar-refractivity contribution in [2.24, 2.45) is 0 Å². The number of hydrogen-bond acceptors (Lipinski definition) is 5. The van der Waals surface area contributed by atoms with Crippen molar-refractivity contribution in [2.45, 2.75) is 52.2 Å². The molecule has 26 heavy (non-hydrogen) atoms. The van der Waals surface area contributed by atoms with Gasteiger partial charge in [-0.05, 0) is 40.5 Å². The maximum atomic E-state index is 12.6. The van der Waals surface area contributed by atoms with E-state index in [0.717, 1.165) is 17.8 Å². The Morgan fingerprint density at radius 2 is 2.15 bits per heavy atom. The Labute approximate surface area is 159 Å². The molecule has 1 atom stereocenters. The number of thiazole rings is 1. The van der Waals surface area contributed by atoms with Gasteiger partial charge in [-0.25, -0.2) is 9.78 Å². The summed E-state index contributed by atoms with van der Waals surface area (Å²) in [4.78, 5) is 31.2. The summed E-state index contributed by atoms with van der Waals surface area (Å²) in [7, 11) is 0. The molecular formula is C20H26N2O3S. The summed E-state index contributed by atoms with van der Waals surface area (Å²) in [5.41, 5.74) is 0.345. The molecule has 5 nitrogen and oxygen atoms in total. The number of rotatable bonds is 5. The standard InChI is InChI=1S/C20H26N2O3S/c1-6-8-10-14(7-2)17(23)15-13-26-18(21-15)16-11-9-12-22(16)19(24)25-20(3,4)5/h6-8,10,13,16H,2,9,11-12H2,1,3-5H3/b8-6-,14-10+. The van der Waals surface area contributed by atoms with Gasteiger partial charge in [0, 0.05) is 17.5 Å². The topological polar surface area (TPSA) is 59.5 Å². The molecule has 1 unspecified atom stereocenters. The zero-order chi connectivity index (χ0) is 19.3. The van der Waals surface area contributed by atoms with Gasteiger partial charge in [0.15, 0.2) is 0 Å². The summed E-state index contributed by atoms with van der Waals surface area (Å²) in [5.74, 6) is -0.164. The van der Waals surface area contributed by atoms with Gasteiger partial charge in [0.05, 0.1) is 6.04 Å². The van der Waals surface area contributed by atoms with E-state index in [0.29, 0.717) is 17.8 Å². The van der Waals surface area contributed by atoms with Crippen molar-refractivity contribution in [3.63, 3.8) is 0 Å². The van der Waals surface area contributed by atoms with Crippen LogP contribution in [0.4, 0.5) is 4.79 Å². The SMILES string of the molecule is C=C/C(=C\C=C/C)C(=O)c1csc(C2CCCN2C(=O)OC(C)(C)C)n1. The van der Waals surface area contributed by atoms with Crippen molar-refractivity contribution in [1.82, 2.24) is 9.88 Å². The number of amides is 1. The van der Waals surface area contributed by atoms with E-state index >= 15 is 0 Å². The van der Waals surface area contributed by atoms with Crippen molar-refractivity contribution >= 4 is 23.2 Å². The molecule has 0 radical (unpaired) electrons. The summed E-state index contributed by atoms with van der Waals surface area (Å²) in [6.07, 6.45) is 8.28. The normalized spacial score (nSPS) is 18.4. The summed E-state index contributed by atoms with van der Waals surface area (Å²) >= 11 is 1.41. The van der Waals surface area contributed by atoms with Crippen LogP contribution in [0.1, 0.15) is 62.1 Å². The van der Waals surface area contributed by atoms with E-state index < -0.39 is 5.60 Å². The van der Waals surface area contributed by atoms with Gasteiger partial charge >= 0.3 is 6.09 Å². The number of aromatic nitrogens is 1. The average Bonchev–Trinajstić information content (AvgIpc) is 3.22. The second-order valence-corrected chi connectivity index (χ2v) is 7.97. The Kier molecular flexibility index (Phi) is 6.53. The first-order valence-electron chi connectivity index (χ1n) is 8.72. The zero-order valence-corrected chi connectivity index (χ0v) is 16.6. The fourth-order valence-corrected chi connectivity index (χ4v) is 3.64. The van der Waals surface area contributed by atoms with Gasteiger partial charge in [-0.1, -0.05) is 30.9 Å². The Bertz CT molecular complexity index is 740. The highest BCUT2D eigenvalue weighted by molar-refractivity contribution is 7.10. The lowest BCUT2D eigenvalue weighted by atomic mass is 10.1. The van der Waals surface area contributed by atoms with Gasteiger partial charge in [-0.15, -0.1) is 11.3 Å². The minimum atomic E-state index is -0.537. The van der Waals surface area contributed by atoms with E-state index in [-0.39, 0.29) is 17.9 Å². The maximum absolute atomic E-state index is 12.6. The molecule has 2 rings (SSSR count). The molecule has 1 aliphatic rings. The number of carbonyl (C=O) groups is 2. The van der Waals surface area contributed by atoms with Gasteiger partial charge in [0.2, 0.25) is 5.78 Å². The van der Waals surface area contributed by atoms with Crippen molar-refractivity contribution in [3.05, 3.63) is 52.5 Å². The Morgan fingerprint density at radius 1 is 1.42 bits per heavy atom. The molecule has 1 fully saturated rings. The van der Waals surface area contributed by atoms with Crippen LogP contribution < -0.4 is 0 Å². The highest BCUT2D eigenvalue weighted by Crippen LogP contribution is 2.35. The minimum Gasteiger partial charge on any atom is -0.444 e. The molecule has 0 bridgehead atoms. The third-order valence-electron chi connectivity index (χ3n) is 3.87. The van der Waals surface area contributed by atoms with Crippen molar-refractivity contribution in [3.8, 4) is 0 Å². The highest BCUT2D eigenvalue weighted by Gasteiger charge is 2.35. The molecule has 6 heteroatoms. The van der Waals surface area contributed by atoms with Gasteiger partial charge in [-0.3, -0.25) is 9.69 Å². The molecular weight excluding hydrogens is 348 g/mol. The number of nitrogens with zero attached hydrogens (tertiary/aromatic N) is 2. The molecule has 1 aromatic heterocycles. The van der Waals surface area contributed by atoms with Gasteiger partial charge in [0.1, 0.15) is 16.3 Å². The van der Waals surface area contributed by atoms with E-state index in [1.54, 1.807) is 22.4 Å². The fourth-order valence-electron chi connectivity index (χ4n) is 2.69. The number of Topliss-reactive ketones (excluding diaryl/α,β-unsaturated/α-hetero) is 1. The first kappa shape index (κ1) is 20.1. The quantitative estimate of drug-likeness (QED) is 0.409. The lowest BCUT2D eigenvalue weighted by Crippen LogP contribution is -2.36. The van der Waals surface area contributed by atoms with Crippen LogP contribution in [0.25, 0.3) is 0 Å². The second-order valence-electron chi connectivity index (χ2n) is 7.08. The number of carbonyl (C=O) groups excluding carboxylic acids is 2. The number of allylic oxidation sites excluding steroid dienone is 5. The smallest absolute Gasteiger partial charge is 0.410 e. The molecule has 0 aromatic carbocycles. The summed E-state index contributed by atoms with van der Waals surface area (Å²) < 4.78 is 5.49. The van der Waals surface area contributed by atoms with Crippen molar-refractivity contribution < 1.29 is 14.3 Å². The lowest BCUT2D eigenvalue weighted by molar-refractivity contribution is 0.0224. The molecule has 0 N–H and O–H groups in total. The fraction of sp³-hybridized carbons (Fsp3) is 0.450. The molecule has 0 saturated carbocycles. The first-order chi connectivity index (χ1) is 12.3. The van der Waals surface area contributed by atoms with Crippen LogP contribution in [-0.2, 0) is 4.74 Å². The lowest BCUT2D eigenvalue weighted by Gasteiger charge is -2.27. The molecule has 1 aliphatic heterocycles. The minimum absolute atomic E-state index is 0.136. The highest BCUT2D eigenvalue weighted by atomic mass is 32.1. The third kappa shape index (κ3) is 4.91. The van der Waals surface area contributed by atoms with Crippen LogP contribution in [0.2, 0.25) is 0 Å². The van der Waals surface area contributed by atoms with Gasteiger partial charge < -0.3 is 4.74 Å². The number of hydrogen-bond donors (Lipinski definition) is 0. The summed E-state index contributed by atoms with van der Waals surface area (Å²) in [6.45, 7) is 11.8. The molecule has 2 heterocycles. The predicted molar refractivity (Wildman–Crippen MR) is 104 cm³/mol. The molecule has 1 amide bonds. The van der Waals surface area contributed by atoms with E-state index in [9.17, 15) is 9.59 Å².